The average molecular weight is 293 g/mol. The Labute approximate surface area is 113 Å². The number of nitrogen functional groups attached to an aromatic ring is 1. The van der Waals surface area contributed by atoms with Crippen LogP contribution in [0.25, 0.3) is 0 Å². The van der Waals surface area contributed by atoms with Crippen LogP contribution >= 0.6 is 11.6 Å². The molecule has 18 heavy (non-hydrogen) atoms. The van der Waals surface area contributed by atoms with Crippen molar-refractivity contribution >= 4 is 33.0 Å². The van der Waals surface area contributed by atoms with E-state index in [1.54, 1.807) is 12.1 Å². The molecule has 0 fully saturated rings. The van der Waals surface area contributed by atoms with Gasteiger partial charge in [0.2, 0.25) is 10.0 Å². The largest absolute Gasteiger partial charge is 0.397 e. The summed E-state index contributed by atoms with van der Waals surface area (Å²) in [6.45, 7) is 2.45. The lowest BCUT2D eigenvalue weighted by molar-refractivity contribution is 0.163. The normalized spacial score (nSPS) is 11.5. The van der Waals surface area contributed by atoms with Gasteiger partial charge in [-0.1, -0.05) is 11.6 Å². The number of sulfonamides is 1. The maximum atomic E-state index is 12.0. The van der Waals surface area contributed by atoms with E-state index in [0.717, 1.165) is 4.31 Å². The maximum absolute atomic E-state index is 12.0. The van der Waals surface area contributed by atoms with Crippen LogP contribution in [0.5, 0.6) is 0 Å². The Kier molecular flexibility index (Phi) is 5.25. The van der Waals surface area contributed by atoms with Gasteiger partial charge in [0.05, 0.1) is 23.7 Å². The summed E-state index contributed by atoms with van der Waals surface area (Å²) >= 11 is 5.84. The van der Waals surface area contributed by atoms with Gasteiger partial charge in [0.1, 0.15) is 0 Å². The van der Waals surface area contributed by atoms with E-state index in [1.807, 2.05) is 6.92 Å². The van der Waals surface area contributed by atoms with E-state index in [1.165, 1.54) is 13.1 Å². The zero-order valence-electron chi connectivity index (χ0n) is 10.4. The minimum Gasteiger partial charge on any atom is -0.397 e. The molecule has 0 saturated carbocycles. The van der Waals surface area contributed by atoms with E-state index < -0.39 is 10.0 Å². The molecule has 0 atom stereocenters. The van der Waals surface area contributed by atoms with E-state index in [4.69, 9.17) is 22.1 Å². The average Bonchev–Trinajstić information content (AvgIpc) is 2.31. The van der Waals surface area contributed by atoms with Gasteiger partial charge in [-0.15, -0.1) is 0 Å². The van der Waals surface area contributed by atoms with Gasteiger partial charge in [0.25, 0.3) is 0 Å². The predicted molar refractivity (Wildman–Crippen MR) is 74.5 cm³/mol. The third kappa shape index (κ3) is 3.76. The van der Waals surface area contributed by atoms with Crippen molar-refractivity contribution in [2.75, 3.05) is 36.1 Å². The lowest BCUT2D eigenvalue weighted by atomic mass is 10.3. The van der Waals surface area contributed by atoms with Crippen LogP contribution in [0.4, 0.5) is 11.4 Å². The number of ether oxygens (including phenoxy) is 1. The van der Waals surface area contributed by atoms with Crippen LogP contribution < -0.4 is 10.0 Å². The molecule has 0 amide bonds. The quantitative estimate of drug-likeness (QED) is 0.640. The van der Waals surface area contributed by atoms with Crippen molar-refractivity contribution in [2.24, 2.45) is 0 Å². The third-order valence-electron chi connectivity index (χ3n) is 2.44. The molecule has 0 aliphatic rings. The summed E-state index contributed by atoms with van der Waals surface area (Å²) in [5, 5.41) is 0.436. The molecule has 0 unspecified atom stereocenters. The molecule has 1 aromatic rings. The van der Waals surface area contributed by atoms with E-state index in [9.17, 15) is 8.42 Å². The van der Waals surface area contributed by atoms with Crippen molar-refractivity contribution in [3.05, 3.63) is 23.2 Å². The lowest BCUT2D eigenvalue weighted by Crippen LogP contribution is -2.31. The first-order chi connectivity index (χ1) is 8.38. The fraction of sp³-hybridized carbons (Fsp3) is 0.455. The second kappa shape index (κ2) is 6.26. The smallest absolute Gasteiger partial charge is 0.237 e. The Hall–Kier alpha value is -0.980. The molecule has 1 rings (SSSR count). The summed E-state index contributed by atoms with van der Waals surface area (Å²) in [4.78, 5) is 0. The number of rotatable bonds is 6. The van der Waals surface area contributed by atoms with Crippen LogP contribution in [0.1, 0.15) is 6.92 Å². The molecule has 7 heteroatoms. The van der Waals surface area contributed by atoms with E-state index in [2.05, 4.69) is 0 Å². The van der Waals surface area contributed by atoms with Crippen molar-refractivity contribution in [2.45, 2.75) is 6.92 Å². The van der Waals surface area contributed by atoms with Crippen molar-refractivity contribution < 1.29 is 13.2 Å². The number of nitrogens with zero attached hydrogens (tertiary/aromatic N) is 1. The monoisotopic (exact) mass is 292 g/mol. The van der Waals surface area contributed by atoms with Gasteiger partial charge in [-0.2, -0.15) is 0 Å². The van der Waals surface area contributed by atoms with Gasteiger partial charge >= 0.3 is 0 Å². The standard InChI is InChI=1S/C11H17ClN2O3S/c1-3-17-6-7-18(15,16)14(2)11-8-9(12)4-5-10(11)13/h4-5,8H,3,6-7,13H2,1-2H3. The van der Waals surface area contributed by atoms with E-state index in [0.29, 0.717) is 23.0 Å². The number of anilines is 2. The fourth-order valence-corrected chi connectivity index (χ4v) is 2.61. The number of halogens is 1. The molecule has 2 N–H and O–H groups in total. The summed E-state index contributed by atoms with van der Waals surface area (Å²) in [7, 11) is -2.01. The Morgan fingerprint density at radius 1 is 1.44 bits per heavy atom. The summed E-state index contributed by atoms with van der Waals surface area (Å²) < 4.78 is 30.2. The predicted octanol–water partition coefficient (Wildman–Crippen LogP) is 1.72. The van der Waals surface area contributed by atoms with Crippen LogP contribution in [0.2, 0.25) is 5.02 Å². The van der Waals surface area contributed by atoms with Crippen LogP contribution in [-0.4, -0.2) is 34.4 Å². The Morgan fingerprint density at radius 3 is 2.72 bits per heavy atom. The number of hydrogen-bond donors (Lipinski definition) is 1. The van der Waals surface area contributed by atoms with E-state index >= 15 is 0 Å². The molecule has 0 heterocycles. The van der Waals surface area contributed by atoms with Gasteiger partial charge in [-0.3, -0.25) is 4.31 Å². The molecule has 0 bridgehead atoms. The van der Waals surface area contributed by atoms with Crippen molar-refractivity contribution in [1.29, 1.82) is 0 Å². The first-order valence-electron chi connectivity index (χ1n) is 5.48. The van der Waals surface area contributed by atoms with E-state index in [-0.39, 0.29) is 12.4 Å². The summed E-state index contributed by atoms with van der Waals surface area (Å²) in [6, 6.07) is 4.71. The number of hydrogen-bond acceptors (Lipinski definition) is 4. The highest BCUT2D eigenvalue weighted by atomic mass is 35.5. The molecular weight excluding hydrogens is 276 g/mol. The first-order valence-corrected chi connectivity index (χ1v) is 7.46. The van der Waals surface area contributed by atoms with Gasteiger partial charge in [-0.05, 0) is 25.1 Å². The molecular formula is C11H17ClN2O3S. The molecule has 0 saturated heterocycles. The maximum Gasteiger partial charge on any atom is 0.237 e. The molecule has 0 aliphatic carbocycles. The summed E-state index contributed by atoms with van der Waals surface area (Å²) in [5.41, 5.74) is 6.48. The third-order valence-corrected chi connectivity index (χ3v) is 4.39. The molecule has 0 spiro atoms. The molecule has 0 aliphatic heterocycles. The lowest BCUT2D eigenvalue weighted by Gasteiger charge is -2.21. The summed E-state index contributed by atoms with van der Waals surface area (Å²) in [6.07, 6.45) is 0. The molecule has 0 radical (unpaired) electrons. The SMILES string of the molecule is CCOCCS(=O)(=O)N(C)c1cc(Cl)ccc1N. The van der Waals surface area contributed by atoms with Crippen LogP contribution in [-0.2, 0) is 14.8 Å². The zero-order valence-corrected chi connectivity index (χ0v) is 12.0. The Morgan fingerprint density at radius 2 is 2.11 bits per heavy atom. The van der Waals surface area contributed by atoms with Gasteiger partial charge in [-0.25, -0.2) is 8.42 Å². The molecule has 0 aromatic heterocycles. The highest BCUT2D eigenvalue weighted by Crippen LogP contribution is 2.27. The highest BCUT2D eigenvalue weighted by molar-refractivity contribution is 7.92. The first kappa shape index (κ1) is 15.1. The van der Waals surface area contributed by atoms with Crippen molar-refractivity contribution in [3.8, 4) is 0 Å². The Balaban J connectivity index is 2.91. The van der Waals surface area contributed by atoms with Crippen LogP contribution in [0.15, 0.2) is 18.2 Å². The minimum atomic E-state index is -3.46. The summed E-state index contributed by atoms with van der Waals surface area (Å²) in [5.74, 6) is -0.0940. The Bertz CT molecular complexity index is 505. The van der Waals surface area contributed by atoms with Crippen molar-refractivity contribution in [1.82, 2.24) is 0 Å². The second-order valence-corrected chi connectivity index (χ2v) is 6.24. The minimum absolute atomic E-state index is 0.0940. The van der Waals surface area contributed by atoms with Gasteiger partial charge in [0.15, 0.2) is 0 Å². The fourth-order valence-electron chi connectivity index (χ4n) is 1.38. The van der Waals surface area contributed by atoms with Gasteiger partial charge in [0, 0.05) is 18.7 Å². The van der Waals surface area contributed by atoms with Crippen LogP contribution in [0.3, 0.4) is 0 Å². The van der Waals surface area contributed by atoms with Crippen molar-refractivity contribution in [3.63, 3.8) is 0 Å². The number of nitrogens with two attached hydrogens (primary N) is 1. The van der Waals surface area contributed by atoms with Gasteiger partial charge < -0.3 is 10.5 Å². The molecule has 5 nitrogen and oxygen atoms in total. The topological polar surface area (TPSA) is 72.6 Å². The number of benzene rings is 1. The molecule has 1 aromatic carbocycles. The second-order valence-electron chi connectivity index (χ2n) is 3.68. The zero-order chi connectivity index (χ0) is 13.8. The highest BCUT2D eigenvalue weighted by Gasteiger charge is 2.20. The van der Waals surface area contributed by atoms with Crippen LogP contribution in [0, 0.1) is 0 Å². The molecule has 102 valence electrons.